The molecule has 0 saturated carbocycles. The Morgan fingerprint density at radius 3 is 2.33 bits per heavy atom. The van der Waals surface area contributed by atoms with Crippen molar-refractivity contribution in [3.63, 3.8) is 0 Å². The fourth-order valence-corrected chi connectivity index (χ4v) is 6.13. The van der Waals surface area contributed by atoms with E-state index in [0.29, 0.717) is 6.04 Å². The van der Waals surface area contributed by atoms with Crippen LogP contribution in [0.25, 0.3) is 5.70 Å². The van der Waals surface area contributed by atoms with Crippen molar-refractivity contribution in [1.29, 1.82) is 0 Å². The van der Waals surface area contributed by atoms with Crippen LogP contribution in [0.3, 0.4) is 0 Å². The Bertz CT molecular complexity index is 1330. The predicted octanol–water partition coefficient (Wildman–Crippen LogP) is 6.48. The van der Waals surface area contributed by atoms with E-state index >= 15 is 0 Å². The van der Waals surface area contributed by atoms with Gasteiger partial charge in [-0.2, -0.15) is 0 Å². The second kappa shape index (κ2) is 12.1. The molecule has 1 fully saturated rings. The molecule has 0 aromatic heterocycles. The molecule has 202 valence electrons. The number of hydrogen-bond acceptors (Lipinski definition) is 4. The van der Waals surface area contributed by atoms with E-state index in [1.807, 2.05) is 6.07 Å². The van der Waals surface area contributed by atoms with Gasteiger partial charge in [0.25, 0.3) is 0 Å². The minimum atomic E-state index is -0.172. The summed E-state index contributed by atoms with van der Waals surface area (Å²) in [5.74, 6) is 0.0318. The van der Waals surface area contributed by atoms with Crippen LogP contribution < -0.4 is 16.8 Å². The summed E-state index contributed by atoms with van der Waals surface area (Å²) in [6, 6.07) is 26.3. The van der Waals surface area contributed by atoms with E-state index in [4.69, 9.17) is 11.5 Å². The van der Waals surface area contributed by atoms with Crippen LogP contribution in [0, 0.1) is 13.8 Å². The molecule has 5 rings (SSSR count). The first-order valence-corrected chi connectivity index (χ1v) is 14.2. The van der Waals surface area contributed by atoms with Gasteiger partial charge in [0.1, 0.15) is 0 Å². The van der Waals surface area contributed by atoms with Crippen LogP contribution in [0.2, 0.25) is 0 Å². The molecule has 0 spiro atoms. The lowest BCUT2D eigenvalue weighted by molar-refractivity contribution is 0.324. The summed E-state index contributed by atoms with van der Waals surface area (Å²) in [4.78, 5) is 2.52. The first-order chi connectivity index (χ1) is 18.9. The summed E-state index contributed by atoms with van der Waals surface area (Å²) in [5.41, 5.74) is 23.8. The summed E-state index contributed by atoms with van der Waals surface area (Å²) in [5, 5.41) is 3.68. The minimum Gasteiger partial charge on any atom is -0.399 e. The highest BCUT2D eigenvalue weighted by molar-refractivity contribution is 5.63. The first kappa shape index (κ1) is 27.0. The molecule has 0 amide bonds. The maximum Gasteiger partial charge on any atom is 0.0406 e. The van der Waals surface area contributed by atoms with Gasteiger partial charge in [0, 0.05) is 49.0 Å². The van der Waals surface area contributed by atoms with Gasteiger partial charge in [0.15, 0.2) is 0 Å². The Hall–Kier alpha value is -3.60. The standard InChI is InChI=1S/C35H42N4/c1-24-19-25(2)21-30(20-24)26(3)38-31-17-18-39(23-31)22-27-13-15-29(16-14-27)35(37)34(28-9-5-4-6-10-28)32-11-7-8-12-33(32)36/h4-6,9-16,19-21,31,34-35,38H,3,7-8,17-18,22-23,36-37H2,1-2H3. The number of rotatable bonds is 9. The highest BCUT2D eigenvalue weighted by atomic mass is 15.2. The molecule has 4 nitrogen and oxygen atoms in total. The second-order valence-electron chi connectivity index (χ2n) is 11.3. The summed E-state index contributed by atoms with van der Waals surface area (Å²) >= 11 is 0. The Labute approximate surface area is 234 Å². The number of nitrogens with two attached hydrogens (primary N) is 2. The molecule has 3 atom stereocenters. The van der Waals surface area contributed by atoms with E-state index in [-0.39, 0.29) is 12.0 Å². The van der Waals surface area contributed by atoms with Gasteiger partial charge in [-0.05, 0) is 73.1 Å². The first-order valence-electron chi connectivity index (χ1n) is 14.2. The summed E-state index contributed by atoms with van der Waals surface area (Å²) in [7, 11) is 0. The molecule has 39 heavy (non-hydrogen) atoms. The molecule has 2 aliphatic rings. The van der Waals surface area contributed by atoms with Crippen LogP contribution in [0.15, 0.2) is 103 Å². The minimum absolute atomic E-state index is 0.0318. The van der Waals surface area contributed by atoms with Gasteiger partial charge in [0.05, 0.1) is 0 Å². The molecule has 3 aromatic rings. The summed E-state index contributed by atoms with van der Waals surface area (Å²) in [6.45, 7) is 11.6. The molecular formula is C35H42N4. The molecule has 1 heterocycles. The third-order valence-corrected chi connectivity index (χ3v) is 8.07. The monoisotopic (exact) mass is 518 g/mol. The molecule has 3 aromatic carbocycles. The Balaban J connectivity index is 1.22. The Morgan fingerprint density at radius 1 is 0.949 bits per heavy atom. The lowest BCUT2D eigenvalue weighted by Gasteiger charge is -2.29. The average Bonchev–Trinajstić information content (AvgIpc) is 3.36. The molecule has 3 unspecified atom stereocenters. The van der Waals surface area contributed by atoms with Crippen molar-refractivity contribution in [2.75, 3.05) is 13.1 Å². The fraction of sp³-hybridized carbons (Fsp3) is 0.314. The maximum absolute atomic E-state index is 6.96. The van der Waals surface area contributed by atoms with Gasteiger partial charge >= 0.3 is 0 Å². The highest BCUT2D eigenvalue weighted by Crippen LogP contribution is 2.39. The molecule has 1 saturated heterocycles. The van der Waals surface area contributed by atoms with Crippen LogP contribution in [0.1, 0.15) is 64.6 Å². The van der Waals surface area contributed by atoms with Crippen LogP contribution in [-0.4, -0.2) is 24.0 Å². The SMILES string of the molecule is C=C(NC1CCN(Cc2ccc(C(N)C(C3=CCCC=C3N)c3ccccc3)cc2)C1)c1cc(C)cc(C)c1. The summed E-state index contributed by atoms with van der Waals surface area (Å²) < 4.78 is 0. The molecule has 4 heteroatoms. The molecule has 1 aliphatic carbocycles. The topological polar surface area (TPSA) is 67.3 Å². The van der Waals surface area contributed by atoms with Gasteiger partial charge in [0.2, 0.25) is 0 Å². The normalized spacial score (nSPS) is 19.2. The van der Waals surface area contributed by atoms with Gasteiger partial charge in [-0.25, -0.2) is 0 Å². The van der Waals surface area contributed by atoms with E-state index in [0.717, 1.165) is 61.4 Å². The number of allylic oxidation sites excluding steroid dienone is 3. The van der Waals surface area contributed by atoms with E-state index in [2.05, 4.69) is 110 Å². The van der Waals surface area contributed by atoms with Crippen molar-refractivity contribution < 1.29 is 0 Å². The highest BCUT2D eigenvalue weighted by Gasteiger charge is 2.28. The van der Waals surface area contributed by atoms with Crippen LogP contribution >= 0.6 is 0 Å². The number of likely N-dealkylation sites (tertiary alicyclic amines) is 1. The largest absolute Gasteiger partial charge is 0.399 e. The fourth-order valence-electron chi connectivity index (χ4n) is 6.13. The number of benzene rings is 3. The van der Waals surface area contributed by atoms with Gasteiger partial charge in [-0.1, -0.05) is 90.5 Å². The van der Waals surface area contributed by atoms with Crippen molar-refractivity contribution in [2.45, 2.75) is 57.7 Å². The second-order valence-corrected chi connectivity index (χ2v) is 11.3. The van der Waals surface area contributed by atoms with Crippen molar-refractivity contribution >= 4 is 5.70 Å². The smallest absolute Gasteiger partial charge is 0.0406 e. The number of nitrogens with zero attached hydrogens (tertiary/aromatic N) is 1. The van der Waals surface area contributed by atoms with E-state index in [9.17, 15) is 0 Å². The van der Waals surface area contributed by atoms with Crippen LogP contribution in [0.5, 0.6) is 0 Å². The van der Waals surface area contributed by atoms with E-state index in [1.165, 1.54) is 27.8 Å². The van der Waals surface area contributed by atoms with Crippen LogP contribution in [-0.2, 0) is 6.54 Å². The van der Waals surface area contributed by atoms with Gasteiger partial charge < -0.3 is 16.8 Å². The van der Waals surface area contributed by atoms with Gasteiger partial charge in [-0.15, -0.1) is 0 Å². The van der Waals surface area contributed by atoms with Gasteiger partial charge in [-0.3, -0.25) is 4.90 Å². The van der Waals surface area contributed by atoms with Crippen LogP contribution in [0.4, 0.5) is 0 Å². The lowest BCUT2D eigenvalue weighted by atomic mass is 9.79. The Morgan fingerprint density at radius 2 is 1.64 bits per heavy atom. The molecule has 1 aliphatic heterocycles. The molecule has 0 bridgehead atoms. The average molecular weight is 519 g/mol. The van der Waals surface area contributed by atoms with Crippen molar-refractivity contribution in [3.8, 4) is 0 Å². The zero-order chi connectivity index (χ0) is 27.4. The number of nitrogens with one attached hydrogen (secondary N) is 1. The molecule has 0 radical (unpaired) electrons. The quantitative estimate of drug-likeness (QED) is 0.303. The predicted molar refractivity (Wildman–Crippen MR) is 164 cm³/mol. The van der Waals surface area contributed by atoms with Crippen molar-refractivity contribution in [1.82, 2.24) is 10.2 Å². The third-order valence-electron chi connectivity index (χ3n) is 8.07. The van der Waals surface area contributed by atoms with Crippen molar-refractivity contribution in [3.05, 3.63) is 136 Å². The summed E-state index contributed by atoms with van der Waals surface area (Å²) in [6.07, 6.45) is 7.53. The number of hydrogen-bond donors (Lipinski definition) is 3. The molecule has 5 N–H and O–H groups in total. The van der Waals surface area contributed by atoms with E-state index < -0.39 is 0 Å². The lowest BCUT2D eigenvalue weighted by Crippen LogP contribution is -2.31. The zero-order valence-corrected chi connectivity index (χ0v) is 23.4. The number of aryl methyl sites for hydroxylation is 2. The third kappa shape index (κ3) is 6.52. The zero-order valence-electron chi connectivity index (χ0n) is 23.4. The van der Waals surface area contributed by atoms with Crippen molar-refractivity contribution in [2.24, 2.45) is 11.5 Å². The van der Waals surface area contributed by atoms with E-state index in [1.54, 1.807) is 0 Å². The Kier molecular flexibility index (Phi) is 8.35. The maximum atomic E-state index is 6.96. The molecular weight excluding hydrogens is 476 g/mol.